The van der Waals surface area contributed by atoms with Gasteiger partial charge in [0.05, 0.1) is 18.0 Å². The van der Waals surface area contributed by atoms with Crippen molar-refractivity contribution in [3.8, 4) is 0 Å². The quantitative estimate of drug-likeness (QED) is 0.731. The fourth-order valence-electron chi connectivity index (χ4n) is 2.68. The molecule has 2 aromatic rings. The second-order valence-electron chi connectivity index (χ2n) is 4.76. The molecule has 0 amide bonds. The van der Waals surface area contributed by atoms with Gasteiger partial charge in [-0.25, -0.2) is 4.98 Å². The molecule has 3 rings (SSSR count). The number of hydrogen-bond donors (Lipinski definition) is 0. The molecule has 1 saturated carbocycles. The zero-order valence-corrected chi connectivity index (χ0v) is 9.69. The summed E-state index contributed by atoms with van der Waals surface area (Å²) in [6.45, 7) is 2.04. The van der Waals surface area contributed by atoms with Gasteiger partial charge in [-0.3, -0.25) is 4.98 Å². The molecule has 84 valence electrons. The van der Waals surface area contributed by atoms with Crippen LogP contribution in [0.4, 0.5) is 0 Å². The highest BCUT2D eigenvalue weighted by molar-refractivity contribution is 5.74. The van der Waals surface area contributed by atoms with Crippen molar-refractivity contribution in [1.82, 2.24) is 14.5 Å². The maximum absolute atomic E-state index is 4.44. The Hall–Kier alpha value is -1.38. The van der Waals surface area contributed by atoms with Crippen LogP contribution in [0.25, 0.3) is 11.0 Å². The molecule has 1 aliphatic rings. The van der Waals surface area contributed by atoms with E-state index < -0.39 is 0 Å². The first-order valence-electron chi connectivity index (χ1n) is 6.14. The smallest absolute Gasteiger partial charge is 0.107 e. The Labute approximate surface area is 95.5 Å². The molecule has 16 heavy (non-hydrogen) atoms. The highest BCUT2D eigenvalue weighted by Crippen LogP contribution is 2.30. The van der Waals surface area contributed by atoms with E-state index in [-0.39, 0.29) is 0 Å². The number of aryl methyl sites for hydroxylation is 1. The SMILES string of the molecule is Cc1cc2c(cn1)ncn2C1CCCCC1. The van der Waals surface area contributed by atoms with Crippen LogP contribution in [0.5, 0.6) is 0 Å². The third-order valence-electron chi connectivity index (χ3n) is 3.57. The zero-order chi connectivity index (χ0) is 11.0. The van der Waals surface area contributed by atoms with E-state index in [9.17, 15) is 0 Å². The fourth-order valence-corrected chi connectivity index (χ4v) is 2.68. The first kappa shape index (κ1) is 9.82. The van der Waals surface area contributed by atoms with E-state index in [4.69, 9.17) is 0 Å². The molecular formula is C13H17N3. The summed E-state index contributed by atoms with van der Waals surface area (Å²) in [5.74, 6) is 0. The van der Waals surface area contributed by atoms with Crippen LogP contribution in [0.15, 0.2) is 18.6 Å². The van der Waals surface area contributed by atoms with Gasteiger partial charge in [0.2, 0.25) is 0 Å². The fraction of sp³-hybridized carbons (Fsp3) is 0.538. The highest BCUT2D eigenvalue weighted by atomic mass is 15.1. The molecule has 0 spiro atoms. The van der Waals surface area contributed by atoms with Crippen molar-refractivity contribution in [2.24, 2.45) is 0 Å². The Morgan fingerprint density at radius 2 is 2.00 bits per heavy atom. The molecule has 0 N–H and O–H groups in total. The summed E-state index contributed by atoms with van der Waals surface area (Å²) in [6.07, 6.45) is 10.6. The van der Waals surface area contributed by atoms with Gasteiger partial charge in [0.1, 0.15) is 5.52 Å². The first-order valence-corrected chi connectivity index (χ1v) is 6.14. The van der Waals surface area contributed by atoms with Gasteiger partial charge in [0.15, 0.2) is 0 Å². The number of aromatic nitrogens is 3. The average Bonchev–Trinajstić information content (AvgIpc) is 2.73. The standard InChI is InChI=1S/C13H17N3/c1-10-7-13-12(8-14-10)15-9-16(13)11-5-3-2-4-6-11/h7-9,11H,2-6H2,1H3. The summed E-state index contributed by atoms with van der Waals surface area (Å²) in [4.78, 5) is 8.73. The molecule has 1 aliphatic carbocycles. The molecule has 2 aromatic heterocycles. The minimum atomic E-state index is 0.653. The minimum absolute atomic E-state index is 0.653. The molecule has 1 fully saturated rings. The lowest BCUT2D eigenvalue weighted by molar-refractivity contribution is 0.359. The third kappa shape index (κ3) is 1.60. The van der Waals surface area contributed by atoms with Crippen molar-refractivity contribution < 1.29 is 0 Å². The van der Waals surface area contributed by atoms with Crippen molar-refractivity contribution in [2.45, 2.75) is 45.1 Å². The van der Waals surface area contributed by atoms with Crippen molar-refractivity contribution in [3.05, 3.63) is 24.3 Å². The number of fused-ring (bicyclic) bond motifs is 1. The third-order valence-corrected chi connectivity index (χ3v) is 3.57. The summed E-state index contributed by atoms with van der Waals surface area (Å²) in [6, 6.07) is 2.80. The van der Waals surface area contributed by atoms with E-state index in [2.05, 4.69) is 20.6 Å². The van der Waals surface area contributed by atoms with Gasteiger partial charge < -0.3 is 4.57 Å². The summed E-state index contributed by atoms with van der Waals surface area (Å²) in [7, 11) is 0. The van der Waals surface area contributed by atoms with Gasteiger partial charge >= 0.3 is 0 Å². The monoisotopic (exact) mass is 215 g/mol. The number of pyridine rings is 1. The maximum Gasteiger partial charge on any atom is 0.107 e. The van der Waals surface area contributed by atoms with E-state index >= 15 is 0 Å². The van der Waals surface area contributed by atoms with Crippen LogP contribution in [0.3, 0.4) is 0 Å². The number of nitrogens with zero attached hydrogens (tertiary/aromatic N) is 3. The van der Waals surface area contributed by atoms with E-state index in [1.54, 1.807) is 0 Å². The number of rotatable bonds is 1. The van der Waals surface area contributed by atoms with E-state index in [1.165, 1.54) is 37.6 Å². The van der Waals surface area contributed by atoms with Crippen molar-refractivity contribution in [3.63, 3.8) is 0 Å². The van der Waals surface area contributed by atoms with Crippen LogP contribution >= 0.6 is 0 Å². The summed E-state index contributed by atoms with van der Waals surface area (Å²) < 4.78 is 2.35. The van der Waals surface area contributed by atoms with Crippen LogP contribution in [0, 0.1) is 6.92 Å². The maximum atomic E-state index is 4.44. The van der Waals surface area contributed by atoms with Crippen LogP contribution in [0.2, 0.25) is 0 Å². The van der Waals surface area contributed by atoms with E-state index in [1.807, 2.05) is 19.4 Å². The van der Waals surface area contributed by atoms with E-state index in [0.29, 0.717) is 6.04 Å². The topological polar surface area (TPSA) is 30.7 Å². The Bertz CT molecular complexity index is 495. The predicted molar refractivity (Wildman–Crippen MR) is 64.4 cm³/mol. The lowest BCUT2D eigenvalue weighted by Crippen LogP contribution is -2.11. The molecule has 0 saturated heterocycles. The molecule has 0 unspecified atom stereocenters. The van der Waals surface area contributed by atoms with Gasteiger partial charge in [0.25, 0.3) is 0 Å². The van der Waals surface area contributed by atoms with Crippen LogP contribution in [0.1, 0.15) is 43.8 Å². The Kier molecular flexibility index (Phi) is 2.39. The van der Waals surface area contributed by atoms with Crippen molar-refractivity contribution in [1.29, 1.82) is 0 Å². The molecule has 0 atom stereocenters. The lowest BCUT2D eigenvalue weighted by atomic mass is 9.95. The van der Waals surface area contributed by atoms with Gasteiger partial charge in [-0.2, -0.15) is 0 Å². The molecule has 0 aliphatic heterocycles. The van der Waals surface area contributed by atoms with Gasteiger partial charge in [-0.15, -0.1) is 0 Å². The number of hydrogen-bond acceptors (Lipinski definition) is 2. The molecular weight excluding hydrogens is 198 g/mol. The minimum Gasteiger partial charge on any atom is -0.327 e. The summed E-state index contributed by atoms with van der Waals surface area (Å²) in [5, 5.41) is 0. The number of imidazole rings is 1. The molecule has 0 radical (unpaired) electrons. The van der Waals surface area contributed by atoms with E-state index in [0.717, 1.165) is 11.2 Å². The first-order chi connectivity index (χ1) is 7.84. The Balaban J connectivity index is 2.05. The Morgan fingerprint density at radius 3 is 2.81 bits per heavy atom. The molecule has 2 heterocycles. The lowest BCUT2D eigenvalue weighted by Gasteiger charge is -2.23. The van der Waals surface area contributed by atoms with Gasteiger partial charge in [0, 0.05) is 11.7 Å². The normalized spacial score (nSPS) is 18.1. The second kappa shape index (κ2) is 3.89. The highest BCUT2D eigenvalue weighted by Gasteiger charge is 2.17. The average molecular weight is 215 g/mol. The second-order valence-corrected chi connectivity index (χ2v) is 4.76. The van der Waals surface area contributed by atoms with Crippen LogP contribution in [-0.2, 0) is 0 Å². The van der Waals surface area contributed by atoms with Gasteiger partial charge in [-0.1, -0.05) is 19.3 Å². The van der Waals surface area contributed by atoms with Crippen LogP contribution in [-0.4, -0.2) is 14.5 Å². The predicted octanol–water partition coefficient (Wildman–Crippen LogP) is 3.24. The molecule has 0 bridgehead atoms. The van der Waals surface area contributed by atoms with Crippen molar-refractivity contribution in [2.75, 3.05) is 0 Å². The van der Waals surface area contributed by atoms with Gasteiger partial charge in [-0.05, 0) is 25.8 Å². The molecule has 3 heteroatoms. The van der Waals surface area contributed by atoms with Crippen LogP contribution < -0.4 is 0 Å². The molecule has 3 nitrogen and oxygen atoms in total. The molecule has 0 aromatic carbocycles. The largest absolute Gasteiger partial charge is 0.327 e. The Morgan fingerprint density at radius 1 is 1.19 bits per heavy atom. The zero-order valence-electron chi connectivity index (χ0n) is 9.69. The summed E-state index contributed by atoms with van der Waals surface area (Å²) >= 11 is 0. The summed E-state index contributed by atoms with van der Waals surface area (Å²) in [5.41, 5.74) is 3.35. The van der Waals surface area contributed by atoms with Crippen molar-refractivity contribution >= 4 is 11.0 Å².